The zero-order chi connectivity index (χ0) is 22.6. The first-order chi connectivity index (χ1) is 14.7. The van der Waals surface area contributed by atoms with Crippen LogP contribution in [0.5, 0.6) is 0 Å². The summed E-state index contributed by atoms with van der Waals surface area (Å²) in [6, 6.07) is 10.2. The van der Waals surface area contributed by atoms with E-state index in [0.29, 0.717) is 17.0 Å². The number of aliphatic imine (C=N–C) groups is 1. The van der Waals surface area contributed by atoms with Crippen LogP contribution in [-0.4, -0.2) is 30.2 Å². The van der Waals surface area contributed by atoms with Gasteiger partial charge in [0.15, 0.2) is 0 Å². The van der Waals surface area contributed by atoms with E-state index in [2.05, 4.69) is 38.2 Å². The predicted octanol–water partition coefficient (Wildman–Crippen LogP) is 6.20. The highest BCUT2D eigenvalue weighted by Gasteiger charge is 2.31. The van der Waals surface area contributed by atoms with Gasteiger partial charge in [0.05, 0.1) is 17.7 Å². The van der Waals surface area contributed by atoms with Crippen LogP contribution in [0.1, 0.15) is 61.8 Å². The van der Waals surface area contributed by atoms with Crippen molar-refractivity contribution in [2.24, 2.45) is 4.99 Å². The predicted molar refractivity (Wildman–Crippen MR) is 130 cm³/mol. The molecule has 0 saturated carbocycles. The molecule has 31 heavy (non-hydrogen) atoms. The van der Waals surface area contributed by atoms with Crippen LogP contribution in [0.15, 0.2) is 45.8 Å². The molecule has 0 unspecified atom stereocenters. The molecule has 0 radical (unpaired) electrons. The van der Waals surface area contributed by atoms with Crippen molar-refractivity contribution >= 4 is 51.1 Å². The summed E-state index contributed by atoms with van der Waals surface area (Å²) in [5.74, 6) is -0.598. The maximum atomic E-state index is 12.8. The third kappa shape index (κ3) is 5.86. The normalized spacial score (nSPS) is 14.0. The van der Waals surface area contributed by atoms with Gasteiger partial charge in [0, 0.05) is 27.8 Å². The van der Waals surface area contributed by atoms with E-state index in [1.165, 1.54) is 18.3 Å². The van der Waals surface area contributed by atoms with Gasteiger partial charge in [0.25, 0.3) is 0 Å². The van der Waals surface area contributed by atoms with Gasteiger partial charge in [-0.05, 0) is 63.8 Å². The zero-order valence-corrected chi connectivity index (χ0v) is 20.2. The molecule has 0 aliphatic heterocycles. The van der Waals surface area contributed by atoms with Gasteiger partial charge in [-0.2, -0.15) is 0 Å². The molecule has 0 fully saturated rings. The highest BCUT2D eigenvalue weighted by Crippen LogP contribution is 2.49. The van der Waals surface area contributed by atoms with Crippen LogP contribution in [0, 0.1) is 0 Å². The number of fused-ring (bicyclic) bond motifs is 1. The number of thioether (sulfide) groups is 1. The van der Waals surface area contributed by atoms with Crippen molar-refractivity contribution < 1.29 is 14.3 Å². The number of amides is 1. The molecule has 1 aromatic heterocycles. The van der Waals surface area contributed by atoms with Crippen molar-refractivity contribution in [2.75, 3.05) is 11.9 Å². The second-order valence-electron chi connectivity index (χ2n) is 8.21. The number of nitrogens with zero attached hydrogens (tertiary/aromatic N) is 1. The Morgan fingerprint density at radius 3 is 2.55 bits per heavy atom. The van der Waals surface area contributed by atoms with Crippen LogP contribution in [0.2, 0.25) is 0 Å². The first-order valence-electron chi connectivity index (χ1n) is 10.3. The lowest BCUT2D eigenvalue weighted by Gasteiger charge is -2.20. The van der Waals surface area contributed by atoms with Gasteiger partial charge in [-0.3, -0.25) is 9.79 Å². The smallest absolute Gasteiger partial charge is 0.341 e. The Kier molecular flexibility index (Phi) is 7.38. The van der Waals surface area contributed by atoms with Crippen molar-refractivity contribution in [1.82, 2.24) is 0 Å². The molecular weight excluding hydrogens is 428 g/mol. The summed E-state index contributed by atoms with van der Waals surface area (Å²) in [4.78, 5) is 32.5. The van der Waals surface area contributed by atoms with Crippen LogP contribution in [0.3, 0.4) is 0 Å². The average molecular weight is 457 g/mol. The van der Waals surface area contributed by atoms with E-state index in [0.717, 1.165) is 32.2 Å². The fraction of sp³-hybridized carbons (Fsp3) is 0.375. The van der Waals surface area contributed by atoms with E-state index in [1.54, 1.807) is 18.7 Å². The minimum Gasteiger partial charge on any atom is -0.462 e. The molecule has 1 heterocycles. The van der Waals surface area contributed by atoms with Gasteiger partial charge >= 0.3 is 5.97 Å². The fourth-order valence-electron chi connectivity index (χ4n) is 3.19. The summed E-state index contributed by atoms with van der Waals surface area (Å²) >= 11 is 3.10. The Hall–Kier alpha value is -2.38. The molecule has 1 amide bonds. The summed E-state index contributed by atoms with van der Waals surface area (Å²) in [5.41, 5.74) is 2.39. The average Bonchev–Trinajstić information content (AvgIpc) is 3.05. The second-order valence-corrected chi connectivity index (χ2v) is 10.3. The molecule has 3 rings (SSSR count). The van der Waals surface area contributed by atoms with Gasteiger partial charge in [0.2, 0.25) is 5.91 Å². The molecular formula is C24H28N2O3S2. The maximum Gasteiger partial charge on any atom is 0.341 e. The number of thiophene rings is 1. The lowest BCUT2D eigenvalue weighted by molar-refractivity contribution is -0.114. The summed E-state index contributed by atoms with van der Waals surface area (Å²) < 4.78 is 5.31. The van der Waals surface area contributed by atoms with E-state index < -0.39 is 0 Å². The van der Waals surface area contributed by atoms with E-state index in [1.807, 2.05) is 24.4 Å². The molecule has 5 nitrogen and oxygen atoms in total. The Labute approximate surface area is 192 Å². The van der Waals surface area contributed by atoms with Crippen LogP contribution in [0.4, 0.5) is 5.00 Å². The number of benzene rings is 1. The number of rotatable bonds is 6. The first-order valence-corrected chi connectivity index (χ1v) is 11.9. The monoisotopic (exact) mass is 456 g/mol. The van der Waals surface area contributed by atoms with Gasteiger partial charge in [-0.25, -0.2) is 4.79 Å². The minimum atomic E-state index is -0.389. The molecule has 7 heteroatoms. The standard InChI is InChI=1S/C24H28N2O3S2/c1-6-29-23(28)19-18-13-12-16(14-25-24(3,4)5)20(30-17-10-8-7-9-11-17)21(18)31-22(19)26-15(2)27/h7-11,14H,6,12-13H2,1-5H3,(H,26,27). The van der Waals surface area contributed by atoms with Crippen molar-refractivity contribution in [3.63, 3.8) is 0 Å². The Morgan fingerprint density at radius 2 is 1.94 bits per heavy atom. The second kappa shape index (κ2) is 9.83. The summed E-state index contributed by atoms with van der Waals surface area (Å²) in [6.45, 7) is 9.73. The van der Waals surface area contributed by atoms with Gasteiger partial charge in [-0.15, -0.1) is 11.3 Å². The SMILES string of the molecule is CCOC(=O)c1c(NC(C)=O)sc2c1CCC(C=NC(C)(C)C)=C2Sc1ccccc1. The number of carbonyl (C=O) groups is 2. The molecule has 0 spiro atoms. The molecule has 0 atom stereocenters. The summed E-state index contributed by atoms with van der Waals surface area (Å²) in [7, 11) is 0. The number of esters is 1. The van der Waals surface area contributed by atoms with Crippen molar-refractivity contribution in [3.8, 4) is 0 Å². The van der Waals surface area contributed by atoms with Crippen LogP contribution >= 0.6 is 23.1 Å². The molecule has 164 valence electrons. The third-order valence-electron chi connectivity index (χ3n) is 4.49. The van der Waals surface area contributed by atoms with Crippen molar-refractivity contribution in [2.45, 2.75) is 57.9 Å². The third-order valence-corrected chi connectivity index (χ3v) is 6.96. The van der Waals surface area contributed by atoms with Crippen molar-refractivity contribution in [3.05, 3.63) is 51.9 Å². The molecule has 2 aromatic rings. The topological polar surface area (TPSA) is 67.8 Å². The Balaban J connectivity index is 2.16. The highest BCUT2D eigenvalue weighted by molar-refractivity contribution is 8.08. The number of anilines is 1. The molecule has 1 N–H and O–H groups in total. The summed E-state index contributed by atoms with van der Waals surface area (Å²) in [5, 5.41) is 3.39. The van der Waals surface area contributed by atoms with E-state index in [9.17, 15) is 9.59 Å². The Morgan fingerprint density at radius 1 is 1.23 bits per heavy atom. The number of hydrogen-bond acceptors (Lipinski definition) is 6. The largest absolute Gasteiger partial charge is 0.462 e. The molecule has 1 aliphatic carbocycles. The van der Waals surface area contributed by atoms with Crippen LogP contribution in [0.25, 0.3) is 4.91 Å². The van der Waals surface area contributed by atoms with Crippen LogP contribution in [-0.2, 0) is 16.0 Å². The number of carbonyl (C=O) groups excluding carboxylic acids is 2. The molecule has 1 aromatic carbocycles. The lowest BCUT2D eigenvalue weighted by Crippen LogP contribution is -2.14. The molecule has 0 saturated heterocycles. The van der Waals surface area contributed by atoms with Gasteiger partial charge in [-0.1, -0.05) is 30.0 Å². The van der Waals surface area contributed by atoms with E-state index >= 15 is 0 Å². The lowest BCUT2D eigenvalue weighted by atomic mass is 9.95. The highest BCUT2D eigenvalue weighted by atomic mass is 32.2. The number of nitrogens with one attached hydrogen (secondary N) is 1. The van der Waals surface area contributed by atoms with Gasteiger partial charge in [0.1, 0.15) is 5.00 Å². The Bertz CT molecular complexity index is 1030. The number of hydrogen-bond donors (Lipinski definition) is 1. The fourth-order valence-corrected chi connectivity index (χ4v) is 5.73. The van der Waals surface area contributed by atoms with Crippen molar-refractivity contribution in [1.29, 1.82) is 0 Å². The maximum absolute atomic E-state index is 12.8. The van der Waals surface area contributed by atoms with Gasteiger partial charge < -0.3 is 10.1 Å². The molecule has 1 aliphatic rings. The quantitative estimate of drug-likeness (QED) is 0.415. The van der Waals surface area contributed by atoms with Crippen LogP contribution < -0.4 is 5.32 Å². The number of allylic oxidation sites excluding steroid dienone is 1. The van der Waals surface area contributed by atoms with E-state index in [4.69, 9.17) is 9.73 Å². The minimum absolute atomic E-state index is 0.178. The van der Waals surface area contributed by atoms with E-state index in [-0.39, 0.29) is 24.0 Å². The first kappa shape index (κ1) is 23.3. The number of ether oxygens (including phenoxy) is 1. The molecule has 0 bridgehead atoms. The zero-order valence-electron chi connectivity index (χ0n) is 18.6. The summed E-state index contributed by atoms with van der Waals surface area (Å²) in [6.07, 6.45) is 3.43.